The fraction of sp³-hybridized carbons (Fsp3) is 0.0667. The Hall–Kier alpha value is -2.14. The van der Waals surface area contributed by atoms with Crippen molar-refractivity contribution in [3.8, 4) is 6.07 Å². The van der Waals surface area contributed by atoms with Crippen molar-refractivity contribution in [3.05, 3.63) is 46.2 Å². The van der Waals surface area contributed by atoms with Gasteiger partial charge in [0.05, 0.1) is 21.4 Å². The van der Waals surface area contributed by atoms with Gasteiger partial charge in [0.15, 0.2) is 10.9 Å². The standard InChI is InChI=1S/C15H9ClN4OS2/c1-22-15-18-7-9(16)12(20-15)13(21)8(6-17)14-19-10-4-2-3-5-11(10)23-14/h2-5,7,21H,1H3. The lowest BCUT2D eigenvalue weighted by atomic mass is 10.2. The molecule has 2 aromatic heterocycles. The van der Waals surface area contributed by atoms with Crippen molar-refractivity contribution in [3.63, 3.8) is 0 Å². The van der Waals surface area contributed by atoms with E-state index in [-0.39, 0.29) is 22.0 Å². The van der Waals surface area contributed by atoms with Crippen LogP contribution < -0.4 is 0 Å². The van der Waals surface area contributed by atoms with E-state index in [4.69, 9.17) is 11.6 Å². The molecule has 0 spiro atoms. The number of nitriles is 1. The molecule has 0 radical (unpaired) electrons. The van der Waals surface area contributed by atoms with Crippen molar-refractivity contribution in [2.24, 2.45) is 0 Å². The summed E-state index contributed by atoms with van der Waals surface area (Å²) in [6, 6.07) is 9.52. The molecule has 0 aliphatic heterocycles. The number of hydrogen-bond acceptors (Lipinski definition) is 7. The molecule has 1 N–H and O–H groups in total. The zero-order chi connectivity index (χ0) is 16.4. The summed E-state index contributed by atoms with van der Waals surface area (Å²) in [5, 5.41) is 21.0. The Morgan fingerprint density at radius 1 is 1.35 bits per heavy atom. The zero-order valence-corrected chi connectivity index (χ0v) is 14.2. The van der Waals surface area contributed by atoms with E-state index < -0.39 is 0 Å². The molecule has 0 amide bonds. The minimum Gasteiger partial charge on any atom is -0.504 e. The highest BCUT2D eigenvalue weighted by molar-refractivity contribution is 7.98. The molecule has 0 fully saturated rings. The summed E-state index contributed by atoms with van der Waals surface area (Å²) >= 11 is 8.70. The van der Waals surface area contributed by atoms with Crippen LogP contribution in [0.1, 0.15) is 10.7 Å². The molecule has 2 heterocycles. The number of benzene rings is 1. The normalized spacial score (nSPS) is 12.0. The van der Waals surface area contributed by atoms with Crippen LogP contribution in [-0.2, 0) is 0 Å². The predicted molar refractivity (Wildman–Crippen MR) is 93.5 cm³/mol. The molecular weight excluding hydrogens is 352 g/mol. The van der Waals surface area contributed by atoms with Crippen LogP contribution in [0, 0.1) is 11.3 Å². The van der Waals surface area contributed by atoms with Gasteiger partial charge in [0.2, 0.25) is 0 Å². The van der Waals surface area contributed by atoms with Crippen molar-refractivity contribution in [2.75, 3.05) is 6.26 Å². The largest absolute Gasteiger partial charge is 0.504 e. The van der Waals surface area contributed by atoms with E-state index in [1.807, 2.05) is 36.6 Å². The second kappa shape index (κ2) is 6.54. The number of thiazole rings is 1. The second-order valence-corrected chi connectivity index (χ2v) is 6.59. The third-order valence-electron chi connectivity index (χ3n) is 2.99. The average Bonchev–Trinajstić information content (AvgIpc) is 2.99. The lowest BCUT2D eigenvalue weighted by Crippen LogP contribution is -1.97. The lowest BCUT2D eigenvalue weighted by Gasteiger charge is -2.05. The van der Waals surface area contributed by atoms with Crippen LogP contribution in [0.4, 0.5) is 0 Å². The van der Waals surface area contributed by atoms with E-state index in [9.17, 15) is 10.4 Å². The maximum Gasteiger partial charge on any atom is 0.188 e. The number of aromatic nitrogens is 3. The summed E-state index contributed by atoms with van der Waals surface area (Å²) < 4.78 is 0.932. The molecular formula is C15H9ClN4OS2. The number of aliphatic hydroxyl groups is 1. The van der Waals surface area contributed by atoms with Gasteiger partial charge in [0.25, 0.3) is 0 Å². The topological polar surface area (TPSA) is 82.7 Å². The summed E-state index contributed by atoms with van der Waals surface area (Å²) in [6.45, 7) is 0. The number of halogens is 1. The Morgan fingerprint density at radius 2 is 2.13 bits per heavy atom. The first kappa shape index (κ1) is 15.7. The Kier molecular flexibility index (Phi) is 4.48. The summed E-state index contributed by atoms with van der Waals surface area (Å²) in [4.78, 5) is 12.6. The van der Waals surface area contributed by atoms with Gasteiger partial charge in [-0.15, -0.1) is 11.3 Å². The number of thioether (sulfide) groups is 1. The second-order valence-electron chi connectivity index (χ2n) is 4.38. The van der Waals surface area contributed by atoms with Gasteiger partial charge in [0.1, 0.15) is 22.3 Å². The van der Waals surface area contributed by atoms with E-state index in [0.717, 1.165) is 10.2 Å². The molecule has 0 saturated heterocycles. The number of hydrogen-bond donors (Lipinski definition) is 1. The van der Waals surface area contributed by atoms with Gasteiger partial charge in [-0.25, -0.2) is 15.0 Å². The van der Waals surface area contributed by atoms with Crippen LogP contribution in [0.2, 0.25) is 5.02 Å². The molecule has 1 aromatic carbocycles. The van der Waals surface area contributed by atoms with Crippen molar-refractivity contribution < 1.29 is 5.11 Å². The van der Waals surface area contributed by atoms with Gasteiger partial charge in [-0.2, -0.15) is 5.26 Å². The monoisotopic (exact) mass is 360 g/mol. The molecule has 0 bridgehead atoms. The molecule has 0 atom stereocenters. The fourth-order valence-electron chi connectivity index (χ4n) is 1.91. The number of rotatable bonds is 3. The smallest absolute Gasteiger partial charge is 0.188 e. The van der Waals surface area contributed by atoms with Gasteiger partial charge in [0, 0.05) is 0 Å². The maximum atomic E-state index is 10.5. The quantitative estimate of drug-likeness (QED) is 0.322. The number of aliphatic hydroxyl groups excluding tert-OH is 1. The SMILES string of the molecule is CSc1ncc(Cl)c(C(O)=C(C#N)c2nc3ccccc3s2)n1. The number of fused-ring (bicyclic) bond motifs is 1. The average molecular weight is 361 g/mol. The van der Waals surface area contributed by atoms with Crippen molar-refractivity contribution >= 4 is 56.2 Å². The highest BCUT2D eigenvalue weighted by Crippen LogP contribution is 2.32. The molecule has 23 heavy (non-hydrogen) atoms. The number of allylic oxidation sites excluding steroid dienone is 1. The number of para-hydroxylation sites is 1. The van der Waals surface area contributed by atoms with Crippen molar-refractivity contribution in [1.29, 1.82) is 5.26 Å². The van der Waals surface area contributed by atoms with Crippen LogP contribution >= 0.6 is 34.7 Å². The van der Waals surface area contributed by atoms with E-state index in [1.165, 1.54) is 29.3 Å². The third-order valence-corrected chi connectivity index (χ3v) is 4.88. The van der Waals surface area contributed by atoms with Crippen LogP contribution in [0.25, 0.3) is 21.5 Å². The molecule has 0 saturated carbocycles. The van der Waals surface area contributed by atoms with Crippen LogP contribution in [-0.4, -0.2) is 26.3 Å². The highest BCUT2D eigenvalue weighted by atomic mass is 35.5. The van der Waals surface area contributed by atoms with Crippen LogP contribution in [0.3, 0.4) is 0 Å². The first-order valence-corrected chi connectivity index (χ1v) is 8.82. The molecule has 5 nitrogen and oxygen atoms in total. The Morgan fingerprint density at radius 3 is 2.83 bits per heavy atom. The van der Waals surface area contributed by atoms with E-state index in [2.05, 4.69) is 15.0 Å². The first-order valence-electron chi connectivity index (χ1n) is 6.40. The first-order chi connectivity index (χ1) is 11.1. The Bertz CT molecular complexity index is 929. The molecule has 0 aliphatic rings. The molecule has 3 aromatic rings. The Balaban J connectivity index is 2.18. The minimum absolute atomic E-state index is 0.0406. The van der Waals surface area contributed by atoms with Crippen molar-refractivity contribution in [2.45, 2.75) is 5.16 Å². The molecule has 3 rings (SSSR count). The maximum absolute atomic E-state index is 10.5. The summed E-state index contributed by atoms with van der Waals surface area (Å²) in [7, 11) is 0. The summed E-state index contributed by atoms with van der Waals surface area (Å²) in [6.07, 6.45) is 3.21. The van der Waals surface area contributed by atoms with E-state index in [0.29, 0.717) is 10.2 Å². The molecule has 0 aliphatic carbocycles. The van der Waals surface area contributed by atoms with Gasteiger partial charge in [-0.1, -0.05) is 35.5 Å². The third kappa shape index (κ3) is 3.01. The van der Waals surface area contributed by atoms with Gasteiger partial charge in [-0.3, -0.25) is 0 Å². The van der Waals surface area contributed by atoms with Crippen LogP contribution in [0.5, 0.6) is 0 Å². The van der Waals surface area contributed by atoms with Crippen LogP contribution in [0.15, 0.2) is 35.6 Å². The lowest BCUT2D eigenvalue weighted by molar-refractivity contribution is 0.509. The highest BCUT2D eigenvalue weighted by Gasteiger charge is 2.19. The zero-order valence-electron chi connectivity index (χ0n) is 11.8. The van der Waals surface area contributed by atoms with Gasteiger partial charge >= 0.3 is 0 Å². The van der Waals surface area contributed by atoms with E-state index >= 15 is 0 Å². The summed E-state index contributed by atoms with van der Waals surface area (Å²) in [5.41, 5.74) is 0.937. The Labute approximate surface area is 145 Å². The van der Waals surface area contributed by atoms with Gasteiger partial charge < -0.3 is 5.11 Å². The van der Waals surface area contributed by atoms with Gasteiger partial charge in [-0.05, 0) is 18.4 Å². The minimum atomic E-state index is -0.297. The predicted octanol–water partition coefficient (Wildman–Crippen LogP) is 4.41. The number of nitrogens with zero attached hydrogens (tertiary/aromatic N) is 4. The van der Waals surface area contributed by atoms with E-state index in [1.54, 1.807) is 0 Å². The summed E-state index contributed by atoms with van der Waals surface area (Å²) in [5.74, 6) is -0.297. The molecule has 114 valence electrons. The molecule has 0 unspecified atom stereocenters. The van der Waals surface area contributed by atoms with Crippen molar-refractivity contribution in [1.82, 2.24) is 15.0 Å². The molecule has 8 heteroatoms. The fourth-order valence-corrected chi connectivity index (χ4v) is 3.40.